The molecule has 1 saturated heterocycles. The molecule has 0 aliphatic carbocycles. The second-order valence-electron chi connectivity index (χ2n) is 6.30. The smallest absolute Gasteiger partial charge is 0.471 e. The maximum atomic E-state index is 13.1. The third-order valence-corrected chi connectivity index (χ3v) is 4.38. The van der Waals surface area contributed by atoms with Crippen LogP contribution in [-0.2, 0) is 4.79 Å². The van der Waals surface area contributed by atoms with E-state index in [2.05, 4.69) is 4.98 Å². The number of piperazine rings is 1. The minimum atomic E-state index is -5.10. The molecule has 3 rings (SSSR count). The van der Waals surface area contributed by atoms with Crippen LogP contribution in [0.5, 0.6) is 0 Å². The van der Waals surface area contributed by atoms with Gasteiger partial charge in [-0.25, -0.2) is 14.2 Å². The van der Waals surface area contributed by atoms with Crippen molar-refractivity contribution in [2.75, 3.05) is 41.3 Å². The van der Waals surface area contributed by atoms with Crippen LogP contribution in [0.3, 0.4) is 0 Å². The van der Waals surface area contributed by atoms with E-state index in [0.717, 1.165) is 18.0 Å². The van der Waals surface area contributed by atoms with Crippen molar-refractivity contribution in [3.8, 4) is 0 Å². The number of aromatic nitrogens is 1. The highest BCUT2D eigenvalue weighted by atomic mass is 19.4. The second kappa shape index (κ2) is 7.94. The molecule has 0 radical (unpaired) electrons. The number of alkyl halides is 3. The largest absolute Gasteiger partial charge is 0.478 e. The van der Waals surface area contributed by atoms with Crippen LogP contribution in [-0.4, -0.2) is 54.3 Å². The predicted octanol–water partition coefficient (Wildman–Crippen LogP) is 2.75. The number of benzene rings is 1. The molecule has 1 fully saturated rings. The van der Waals surface area contributed by atoms with Crippen molar-refractivity contribution in [1.82, 2.24) is 4.98 Å². The molecule has 0 saturated carbocycles. The summed E-state index contributed by atoms with van der Waals surface area (Å²) in [6.07, 6.45) is -4.11. The number of nitrogens with one attached hydrogen (secondary N) is 1. The number of carbonyl (C=O) groups is 2. The van der Waals surface area contributed by atoms with Crippen LogP contribution in [0.1, 0.15) is 10.4 Å². The molecule has 0 spiro atoms. The molecular formula is C18H16F4N4O3. The Kier molecular flexibility index (Phi) is 5.57. The van der Waals surface area contributed by atoms with Gasteiger partial charge in [0.2, 0.25) is 0 Å². The monoisotopic (exact) mass is 412 g/mol. The van der Waals surface area contributed by atoms with Crippen LogP contribution in [0.25, 0.3) is 0 Å². The molecule has 1 aromatic carbocycles. The standard InChI is InChI=1S/C18H16F4N4O3/c19-11-1-3-13(4-2-11)25-5-7-26(8-6-25)15-14(16(27)28)9-12(10-23-15)24-17(29)18(20,21)22/h1-4,9-10H,5-8H2,(H,24,29)(H,27,28). The number of pyridine rings is 1. The van der Waals surface area contributed by atoms with Crippen molar-refractivity contribution in [2.45, 2.75) is 6.18 Å². The number of halogens is 4. The molecule has 1 aliphatic heterocycles. The SMILES string of the molecule is O=C(O)c1cc(NC(=O)C(F)(F)F)cnc1N1CCN(c2ccc(F)cc2)CC1. The van der Waals surface area contributed by atoms with Crippen LogP contribution in [0, 0.1) is 5.82 Å². The lowest BCUT2D eigenvalue weighted by Gasteiger charge is -2.37. The van der Waals surface area contributed by atoms with Gasteiger partial charge in [-0.3, -0.25) is 4.79 Å². The number of nitrogens with zero attached hydrogens (tertiary/aromatic N) is 3. The Balaban J connectivity index is 1.74. The summed E-state index contributed by atoms with van der Waals surface area (Å²) < 4.78 is 50.2. The van der Waals surface area contributed by atoms with Gasteiger partial charge in [0, 0.05) is 31.9 Å². The average Bonchev–Trinajstić information content (AvgIpc) is 2.68. The first-order chi connectivity index (χ1) is 13.6. The van der Waals surface area contributed by atoms with Crippen LogP contribution in [0.15, 0.2) is 36.5 Å². The van der Waals surface area contributed by atoms with Crippen molar-refractivity contribution in [2.24, 2.45) is 0 Å². The number of carboxylic acids is 1. The van der Waals surface area contributed by atoms with Gasteiger partial charge in [-0.15, -0.1) is 0 Å². The Hall–Kier alpha value is -3.37. The van der Waals surface area contributed by atoms with Gasteiger partial charge < -0.3 is 20.2 Å². The third-order valence-electron chi connectivity index (χ3n) is 4.38. The Labute approximate surface area is 162 Å². The van der Waals surface area contributed by atoms with E-state index in [-0.39, 0.29) is 22.9 Å². The van der Waals surface area contributed by atoms with Gasteiger partial charge in [-0.1, -0.05) is 0 Å². The number of aromatic carboxylic acids is 1. The first-order valence-electron chi connectivity index (χ1n) is 8.52. The lowest BCUT2D eigenvalue weighted by Crippen LogP contribution is -2.47. The number of rotatable bonds is 4. The molecule has 29 heavy (non-hydrogen) atoms. The van der Waals surface area contributed by atoms with Crippen molar-refractivity contribution in [1.29, 1.82) is 0 Å². The van der Waals surface area contributed by atoms with Gasteiger partial charge in [0.05, 0.1) is 11.9 Å². The first kappa shape index (κ1) is 20.4. The summed E-state index contributed by atoms with van der Waals surface area (Å²) in [6, 6.07) is 6.92. The van der Waals surface area contributed by atoms with Gasteiger partial charge in [0.25, 0.3) is 0 Å². The fraction of sp³-hybridized carbons (Fsp3) is 0.278. The topological polar surface area (TPSA) is 85.8 Å². The molecule has 11 heteroatoms. The van der Waals surface area contributed by atoms with Crippen molar-refractivity contribution >= 4 is 29.1 Å². The van der Waals surface area contributed by atoms with Crippen molar-refractivity contribution in [3.05, 3.63) is 47.9 Å². The normalized spacial score (nSPS) is 14.6. The number of hydrogen-bond donors (Lipinski definition) is 2. The van der Waals surface area contributed by atoms with Gasteiger partial charge in [0.15, 0.2) is 0 Å². The highest BCUT2D eigenvalue weighted by Gasteiger charge is 2.39. The molecule has 2 N–H and O–H groups in total. The van der Waals surface area contributed by atoms with Crippen LogP contribution in [0.2, 0.25) is 0 Å². The summed E-state index contributed by atoms with van der Waals surface area (Å²) in [7, 11) is 0. The summed E-state index contributed by atoms with van der Waals surface area (Å²) in [4.78, 5) is 30.3. The molecule has 2 aromatic rings. The highest BCUT2D eigenvalue weighted by Crippen LogP contribution is 2.26. The minimum Gasteiger partial charge on any atom is -0.478 e. The van der Waals surface area contributed by atoms with Gasteiger partial charge in [-0.2, -0.15) is 13.2 Å². The van der Waals surface area contributed by atoms with E-state index in [4.69, 9.17) is 0 Å². The summed E-state index contributed by atoms with van der Waals surface area (Å²) >= 11 is 0. The molecule has 154 valence electrons. The molecule has 1 amide bonds. The summed E-state index contributed by atoms with van der Waals surface area (Å²) in [5.74, 6) is -3.84. The van der Waals surface area contributed by atoms with E-state index >= 15 is 0 Å². The number of hydrogen-bond acceptors (Lipinski definition) is 5. The van der Waals surface area contributed by atoms with Crippen LogP contribution < -0.4 is 15.1 Å². The van der Waals surface area contributed by atoms with Crippen LogP contribution >= 0.6 is 0 Å². The Morgan fingerprint density at radius 2 is 1.62 bits per heavy atom. The molecule has 1 aliphatic rings. The maximum Gasteiger partial charge on any atom is 0.471 e. The molecule has 7 nitrogen and oxygen atoms in total. The van der Waals surface area contributed by atoms with E-state index in [1.165, 1.54) is 12.1 Å². The lowest BCUT2D eigenvalue weighted by atomic mass is 10.2. The lowest BCUT2D eigenvalue weighted by molar-refractivity contribution is -0.167. The molecule has 0 atom stereocenters. The number of anilines is 3. The van der Waals surface area contributed by atoms with Gasteiger partial charge in [-0.05, 0) is 30.3 Å². The van der Waals surface area contributed by atoms with Gasteiger partial charge >= 0.3 is 18.1 Å². The Morgan fingerprint density at radius 3 is 2.17 bits per heavy atom. The minimum absolute atomic E-state index is 0.0984. The molecular weight excluding hydrogens is 396 g/mol. The number of carbonyl (C=O) groups excluding carboxylic acids is 1. The van der Waals surface area contributed by atoms with Crippen LogP contribution in [0.4, 0.5) is 34.8 Å². The maximum absolute atomic E-state index is 13.1. The zero-order valence-electron chi connectivity index (χ0n) is 14.9. The quantitative estimate of drug-likeness (QED) is 0.752. The fourth-order valence-corrected chi connectivity index (χ4v) is 2.97. The predicted molar refractivity (Wildman–Crippen MR) is 96.7 cm³/mol. The molecule has 0 unspecified atom stereocenters. The van der Waals surface area contributed by atoms with Crippen molar-refractivity contribution in [3.63, 3.8) is 0 Å². The number of carboxylic acid groups (broad SMARTS) is 1. The summed E-state index contributed by atoms with van der Waals surface area (Å²) in [5, 5.41) is 11.0. The molecule has 1 aromatic heterocycles. The number of amides is 1. The second-order valence-corrected chi connectivity index (χ2v) is 6.30. The van der Waals surface area contributed by atoms with Gasteiger partial charge in [0.1, 0.15) is 17.2 Å². The zero-order chi connectivity index (χ0) is 21.2. The van der Waals surface area contributed by atoms with E-state index in [0.29, 0.717) is 26.2 Å². The van der Waals surface area contributed by atoms with E-state index in [1.54, 1.807) is 22.3 Å². The summed E-state index contributed by atoms with van der Waals surface area (Å²) in [6.45, 7) is 1.83. The average molecular weight is 412 g/mol. The zero-order valence-corrected chi connectivity index (χ0v) is 14.9. The Morgan fingerprint density at radius 1 is 1.03 bits per heavy atom. The van der Waals surface area contributed by atoms with E-state index in [1.807, 2.05) is 4.90 Å². The highest BCUT2D eigenvalue weighted by molar-refractivity contribution is 5.98. The fourth-order valence-electron chi connectivity index (χ4n) is 2.97. The summed E-state index contributed by atoms with van der Waals surface area (Å²) in [5.41, 5.74) is 0.140. The van der Waals surface area contributed by atoms with E-state index < -0.39 is 18.1 Å². The van der Waals surface area contributed by atoms with E-state index in [9.17, 15) is 32.3 Å². The first-order valence-corrected chi connectivity index (χ1v) is 8.52. The molecule has 0 bridgehead atoms. The third kappa shape index (κ3) is 4.73. The Bertz CT molecular complexity index is 910. The molecule has 2 heterocycles. The van der Waals surface area contributed by atoms with Crippen molar-refractivity contribution < 1.29 is 32.3 Å².